The number of rotatable bonds is 0. The third-order valence-electron chi connectivity index (χ3n) is 1.37. The Morgan fingerprint density at radius 3 is 3.09 bits per heavy atom. The van der Waals surface area contributed by atoms with Gasteiger partial charge in [-0.05, 0) is 6.07 Å². The molecular weight excluding hydrogens is 229 g/mol. The van der Waals surface area contributed by atoms with Gasteiger partial charge in [0.05, 0.1) is 16.1 Å². The van der Waals surface area contributed by atoms with Gasteiger partial charge in [0.15, 0.2) is 5.65 Å². The van der Waals surface area contributed by atoms with Crippen LogP contribution in [0.3, 0.4) is 0 Å². The Bertz CT molecular complexity index is 398. The minimum absolute atomic E-state index is 0.598. The van der Waals surface area contributed by atoms with Gasteiger partial charge >= 0.3 is 0 Å². The van der Waals surface area contributed by atoms with Crippen molar-refractivity contribution >= 4 is 38.8 Å². The summed E-state index contributed by atoms with van der Waals surface area (Å²) in [5.41, 5.74) is 0.782. The van der Waals surface area contributed by atoms with Crippen molar-refractivity contribution in [3.8, 4) is 0 Å². The monoisotopic (exact) mass is 231 g/mol. The minimum Gasteiger partial charge on any atom is -0.249 e. The van der Waals surface area contributed by atoms with Crippen molar-refractivity contribution in [3.05, 3.63) is 23.7 Å². The van der Waals surface area contributed by atoms with Crippen LogP contribution < -0.4 is 0 Å². The first-order valence-corrected chi connectivity index (χ1v) is 4.01. The van der Waals surface area contributed by atoms with E-state index < -0.39 is 0 Å². The molecule has 5 heteroatoms. The van der Waals surface area contributed by atoms with Crippen LogP contribution in [0, 0.1) is 0 Å². The molecule has 0 aliphatic heterocycles. The quantitative estimate of drug-likeness (QED) is 0.697. The number of fused-ring (bicyclic) bond motifs is 1. The van der Waals surface area contributed by atoms with Gasteiger partial charge in [0.1, 0.15) is 11.5 Å². The number of hydrogen-bond donors (Lipinski definition) is 0. The number of nitrogens with zero attached hydrogens (tertiary/aromatic N) is 3. The van der Waals surface area contributed by atoms with Gasteiger partial charge in [-0.1, -0.05) is 11.6 Å². The first-order valence-electron chi connectivity index (χ1n) is 2.92. The minimum atomic E-state index is 0.598. The van der Waals surface area contributed by atoms with E-state index in [2.05, 4.69) is 26.1 Å². The Kier molecular flexibility index (Phi) is 1.58. The number of halogens is 2. The predicted molar refractivity (Wildman–Crippen MR) is 46.9 cm³/mol. The lowest BCUT2D eigenvalue weighted by Gasteiger charge is -1.90. The van der Waals surface area contributed by atoms with Crippen molar-refractivity contribution in [2.75, 3.05) is 0 Å². The summed E-state index contributed by atoms with van der Waals surface area (Å²) in [6, 6.07) is 1.80. The third-order valence-corrected chi connectivity index (χ3v) is 2.57. The fraction of sp³-hybridized carbons (Fsp3) is 0. The van der Waals surface area contributed by atoms with E-state index in [0.717, 1.165) is 11.0 Å². The van der Waals surface area contributed by atoms with E-state index in [-0.39, 0.29) is 0 Å². The van der Waals surface area contributed by atoms with E-state index >= 15 is 0 Å². The van der Waals surface area contributed by atoms with Crippen LogP contribution in [-0.4, -0.2) is 13.6 Å². The maximum absolute atomic E-state index is 5.80. The molecule has 0 spiro atoms. The van der Waals surface area contributed by atoms with Gasteiger partial charge in [0.2, 0.25) is 0 Å². The van der Waals surface area contributed by atoms with Gasteiger partial charge in [-0.3, -0.25) is 0 Å². The summed E-state index contributed by atoms with van der Waals surface area (Å²) < 4.78 is 1.63. The Balaban J connectivity index is 2.92. The number of aromatic nitrogens is 3. The van der Waals surface area contributed by atoms with Crippen molar-refractivity contribution in [3.63, 3.8) is 0 Å². The Morgan fingerprint density at radius 1 is 1.55 bits per heavy atom. The summed E-state index contributed by atoms with van der Waals surface area (Å²) in [7, 11) is 0. The van der Waals surface area contributed by atoms with E-state index in [1.54, 1.807) is 15.9 Å². The molecule has 0 amide bonds. The highest BCUT2D eigenvalue weighted by Crippen LogP contribution is 2.22. The van der Waals surface area contributed by atoms with E-state index in [1.165, 1.54) is 6.33 Å². The molecule has 56 valence electrons. The summed E-state index contributed by atoms with van der Waals surface area (Å²) in [6.07, 6.45) is 3.20. The lowest BCUT2D eigenvalue weighted by molar-refractivity contribution is 1.19. The fourth-order valence-electron chi connectivity index (χ4n) is 0.886. The summed E-state index contributed by atoms with van der Waals surface area (Å²) >= 11 is 9.05. The van der Waals surface area contributed by atoms with Crippen molar-refractivity contribution in [1.82, 2.24) is 13.6 Å². The molecule has 0 radical (unpaired) electrons. The molecule has 2 heterocycles. The zero-order valence-corrected chi connectivity index (χ0v) is 7.67. The standard InChI is InChI=1S/C6H3BrClN3/c7-11-5(8)1-4-2-9-3-10-6(4)11/h1-3H. The van der Waals surface area contributed by atoms with E-state index in [9.17, 15) is 0 Å². The maximum atomic E-state index is 5.80. The van der Waals surface area contributed by atoms with Crippen LogP contribution in [0.1, 0.15) is 0 Å². The van der Waals surface area contributed by atoms with E-state index in [1.807, 2.05) is 0 Å². The molecule has 0 aliphatic carbocycles. The molecule has 0 saturated carbocycles. The van der Waals surface area contributed by atoms with Gasteiger partial charge in [0, 0.05) is 11.6 Å². The van der Waals surface area contributed by atoms with Crippen LogP contribution in [0.5, 0.6) is 0 Å². The first kappa shape index (κ1) is 7.06. The van der Waals surface area contributed by atoms with Crippen LogP contribution in [0.15, 0.2) is 18.6 Å². The smallest absolute Gasteiger partial charge is 0.154 e. The van der Waals surface area contributed by atoms with Gasteiger partial charge in [-0.15, -0.1) is 0 Å². The highest BCUT2D eigenvalue weighted by atomic mass is 79.9. The maximum Gasteiger partial charge on any atom is 0.154 e. The Morgan fingerprint density at radius 2 is 2.36 bits per heavy atom. The van der Waals surface area contributed by atoms with Crippen molar-refractivity contribution in [2.24, 2.45) is 0 Å². The SMILES string of the molecule is Clc1cc2cncnc2n1Br. The van der Waals surface area contributed by atoms with Crippen LogP contribution in [0.4, 0.5) is 0 Å². The molecule has 0 N–H and O–H groups in total. The Labute approximate surface area is 76.4 Å². The molecule has 11 heavy (non-hydrogen) atoms. The Hall–Kier alpha value is -0.610. The van der Waals surface area contributed by atoms with Gasteiger partial charge in [-0.25, -0.2) is 13.6 Å². The lowest BCUT2D eigenvalue weighted by atomic mass is 10.4. The van der Waals surface area contributed by atoms with Crippen molar-refractivity contribution in [1.29, 1.82) is 0 Å². The van der Waals surface area contributed by atoms with Gasteiger partial charge < -0.3 is 0 Å². The van der Waals surface area contributed by atoms with E-state index in [0.29, 0.717) is 5.15 Å². The highest BCUT2D eigenvalue weighted by Gasteiger charge is 2.04. The second-order valence-corrected chi connectivity index (χ2v) is 3.15. The zero-order chi connectivity index (χ0) is 7.84. The van der Waals surface area contributed by atoms with Crippen LogP contribution >= 0.6 is 27.7 Å². The molecule has 2 aromatic heterocycles. The molecule has 3 nitrogen and oxygen atoms in total. The second kappa shape index (κ2) is 2.46. The van der Waals surface area contributed by atoms with Crippen molar-refractivity contribution in [2.45, 2.75) is 0 Å². The molecule has 0 aliphatic rings. The molecular formula is C6H3BrClN3. The molecule has 0 fully saturated rings. The van der Waals surface area contributed by atoms with Crippen molar-refractivity contribution < 1.29 is 0 Å². The first-order chi connectivity index (χ1) is 5.29. The largest absolute Gasteiger partial charge is 0.249 e. The predicted octanol–water partition coefficient (Wildman–Crippen LogP) is 2.24. The zero-order valence-electron chi connectivity index (χ0n) is 5.33. The molecule has 0 unspecified atom stereocenters. The van der Waals surface area contributed by atoms with Crippen LogP contribution in [0.2, 0.25) is 5.15 Å². The van der Waals surface area contributed by atoms with Gasteiger partial charge in [-0.2, -0.15) is 0 Å². The summed E-state index contributed by atoms with van der Waals surface area (Å²) in [5, 5.41) is 1.52. The fourth-order valence-corrected chi connectivity index (χ4v) is 1.48. The van der Waals surface area contributed by atoms with E-state index in [4.69, 9.17) is 11.6 Å². The topological polar surface area (TPSA) is 30.7 Å². The summed E-state index contributed by atoms with van der Waals surface area (Å²) in [6.45, 7) is 0. The molecule has 2 aromatic rings. The average Bonchev–Trinajstić information content (AvgIpc) is 2.30. The summed E-state index contributed by atoms with van der Waals surface area (Å²) in [5.74, 6) is 0. The second-order valence-electron chi connectivity index (χ2n) is 2.05. The van der Waals surface area contributed by atoms with Crippen LogP contribution in [0.25, 0.3) is 11.0 Å². The average molecular weight is 232 g/mol. The normalized spacial score (nSPS) is 10.7. The molecule has 2 rings (SSSR count). The lowest BCUT2D eigenvalue weighted by Crippen LogP contribution is -1.82. The molecule has 0 aromatic carbocycles. The summed E-state index contributed by atoms with van der Waals surface area (Å²) in [4.78, 5) is 7.89. The van der Waals surface area contributed by atoms with Gasteiger partial charge in [0.25, 0.3) is 0 Å². The molecule has 0 bridgehead atoms. The van der Waals surface area contributed by atoms with Crippen LogP contribution in [-0.2, 0) is 0 Å². The molecule has 0 saturated heterocycles. The third kappa shape index (κ3) is 1.02. The highest BCUT2D eigenvalue weighted by molar-refractivity contribution is 9.08. The molecule has 0 atom stereocenters. The number of hydrogen-bond acceptors (Lipinski definition) is 2.